The summed E-state index contributed by atoms with van der Waals surface area (Å²) >= 11 is 0. The molecule has 0 saturated heterocycles. The molecule has 0 aliphatic heterocycles. The van der Waals surface area contributed by atoms with Crippen molar-refractivity contribution in [2.75, 3.05) is 13.2 Å². The Balaban J connectivity index is 4.13. The quantitative estimate of drug-likeness (QED) is 0.0261. The summed E-state index contributed by atoms with van der Waals surface area (Å²) in [5, 5.41) is 0. The molecule has 0 aliphatic rings. The highest BCUT2D eigenvalue weighted by molar-refractivity contribution is 5.71. The Morgan fingerprint density at radius 2 is 0.513 bits per heavy atom. The van der Waals surface area contributed by atoms with Crippen LogP contribution in [0.5, 0.6) is 0 Å². The summed E-state index contributed by atoms with van der Waals surface area (Å²) in [6.07, 6.45) is 90.3. The molecular formula is C70H112O6. The van der Waals surface area contributed by atoms with Gasteiger partial charge in [0.1, 0.15) is 13.2 Å². The van der Waals surface area contributed by atoms with Gasteiger partial charge in [0.15, 0.2) is 6.10 Å². The molecule has 6 heteroatoms. The van der Waals surface area contributed by atoms with Crippen LogP contribution >= 0.6 is 0 Å². The lowest BCUT2D eigenvalue weighted by molar-refractivity contribution is -0.167. The van der Waals surface area contributed by atoms with Crippen LogP contribution in [0.2, 0.25) is 0 Å². The van der Waals surface area contributed by atoms with Crippen molar-refractivity contribution in [1.29, 1.82) is 0 Å². The number of esters is 3. The highest BCUT2D eigenvalue weighted by atomic mass is 16.6. The normalized spacial score (nSPS) is 13.1. The lowest BCUT2D eigenvalue weighted by Gasteiger charge is -2.18. The molecule has 6 nitrogen and oxygen atoms in total. The van der Waals surface area contributed by atoms with Gasteiger partial charge in [0, 0.05) is 19.3 Å². The van der Waals surface area contributed by atoms with Gasteiger partial charge < -0.3 is 14.2 Å². The average Bonchev–Trinajstić information content (AvgIpc) is 3.42. The third-order valence-electron chi connectivity index (χ3n) is 12.6. The van der Waals surface area contributed by atoms with Gasteiger partial charge >= 0.3 is 17.9 Å². The van der Waals surface area contributed by atoms with Crippen LogP contribution in [0.15, 0.2) is 146 Å². The lowest BCUT2D eigenvalue weighted by atomic mass is 10.1. The van der Waals surface area contributed by atoms with Gasteiger partial charge in [0.2, 0.25) is 0 Å². The Morgan fingerprint density at radius 1 is 0.276 bits per heavy atom. The first kappa shape index (κ1) is 71.3. The van der Waals surface area contributed by atoms with Crippen molar-refractivity contribution in [3.05, 3.63) is 146 Å². The zero-order chi connectivity index (χ0) is 55.0. The molecule has 0 aromatic rings. The number of ether oxygens (including phenoxy) is 3. The van der Waals surface area contributed by atoms with E-state index >= 15 is 0 Å². The first-order valence-corrected chi connectivity index (χ1v) is 30.8. The fourth-order valence-electron chi connectivity index (χ4n) is 8.04. The number of unbranched alkanes of at least 4 members (excludes halogenated alkanes) is 19. The zero-order valence-corrected chi connectivity index (χ0v) is 49.0. The smallest absolute Gasteiger partial charge is 0.306 e. The summed E-state index contributed by atoms with van der Waals surface area (Å²) < 4.78 is 16.7. The van der Waals surface area contributed by atoms with Gasteiger partial charge in [-0.3, -0.25) is 14.4 Å². The van der Waals surface area contributed by atoms with E-state index < -0.39 is 6.10 Å². The SMILES string of the molecule is CC/C=C\C/C=C\C/C=C\C/C=C\C/C=C\C/C=C\C/C=C\C/C=C\C/C=C\CCCCCCCCCC(=O)OCC(COC(=O)CCCCCCCC)OC(=O)CCCCCCCCC/C=C\C/C=C\C/C=C\CC. The maximum Gasteiger partial charge on any atom is 0.306 e. The first-order chi connectivity index (χ1) is 37.5. The van der Waals surface area contributed by atoms with E-state index in [0.717, 1.165) is 148 Å². The summed E-state index contributed by atoms with van der Waals surface area (Å²) in [4.78, 5) is 37.9. The van der Waals surface area contributed by atoms with Crippen molar-refractivity contribution in [1.82, 2.24) is 0 Å². The number of rotatable bonds is 54. The van der Waals surface area contributed by atoms with Crippen molar-refractivity contribution >= 4 is 17.9 Å². The molecule has 0 N–H and O–H groups in total. The Hall–Kier alpha value is -4.71. The molecule has 0 aliphatic carbocycles. The van der Waals surface area contributed by atoms with Crippen molar-refractivity contribution in [3.63, 3.8) is 0 Å². The number of carbonyl (C=O) groups is 3. The summed E-state index contributed by atoms with van der Waals surface area (Å²) in [7, 11) is 0. The third kappa shape index (κ3) is 60.2. The minimum atomic E-state index is -0.790. The molecule has 0 rings (SSSR count). The summed E-state index contributed by atoms with van der Waals surface area (Å²) in [5.74, 6) is -0.924. The van der Waals surface area contributed by atoms with Crippen LogP contribution in [0.25, 0.3) is 0 Å². The molecule has 76 heavy (non-hydrogen) atoms. The summed E-state index contributed by atoms with van der Waals surface area (Å²) in [6.45, 7) is 6.33. The van der Waals surface area contributed by atoms with E-state index in [1.165, 1.54) is 70.6 Å². The molecule has 0 fully saturated rings. The highest BCUT2D eigenvalue weighted by Gasteiger charge is 2.19. The molecule has 428 valence electrons. The minimum Gasteiger partial charge on any atom is -0.462 e. The van der Waals surface area contributed by atoms with E-state index in [1.807, 2.05) is 0 Å². The second-order valence-corrected chi connectivity index (χ2v) is 19.9. The third-order valence-corrected chi connectivity index (χ3v) is 12.6. The predicted octanol–water partition coefficient (Wildman–Crippen LogP) is 21.2. The second kappa shape index (κ2) is 62.8. The van der Waals surface area contributed by atoms with Gasteiger partial charge in [-0.1, -0.05) is 263 Å². The van der Waals surface area contributed by atoms with Gasteiger partial charge in [-0.2, -0.15) is 0 Å². The van der Waals surface area contributed by atoms with E-state index in [4.69, 9.17) is 14.2 Å². The van der Waals surface area contributed by atoms with Crippen LogP contribution in [-0.4, -0.2) is 37.2 Å². The monoisotopic (exact) mass is 1050 g/mol. The summed E-state index contributed by atoms with van der Waals surface area (Å²) in [5.41, 5.74) is 0. The standard InChI is InChI=1S/C70H112O6/c1-4-7-10-13-16-18-20-22-24-26-27-28-29-30-31-32-33-34-35-36-37-38-39-40-41-42-43-45-46-48-50-52-54-57-60-63-69(72)75-66-67(65-74-68(71)62-59-56-15-12-9-6-3)76-70(73)64-61-58-55-53-51-49-47-44-25-23-21-19-17-14-11-8-5-2/h7-8,10-11,16-19,22-25,27-28,30-31,33-34,36-37,39-40,42-43,67H,4-6,9,12-15,20-21,26,29,32,35,38,41,44-66H2,1-3H3/b10-7-,11-8-,18-16-,19-17-,24-22-,25-23-,28-27-,31-30-,34-33-,37-36-,40-39-,43-42-. The largest absolute Gasteiger partial charge is 0.462 e. The summed E-state index contributed by atoms with van der Waals surface area (Å²) in [6, 6.07) is 0. The van der Waals surface area contributed by atoms with Crippen LogP contribution in [0.1, 0.15) is 258 Å². The van der Waals surface area contributed by atoms with Crippen LogP contribution in [0.3, 0.4) is 0 Å². The topological polar surface area (TPSA) is 78.9 Å². The van der Waals surface area contributed by atoms with E-state index in [1.54, 1.807) is 0 Å². The first-order valence-electron chi connectivity index (χ1n) is 30.8. The molecule has 0 aromatic heterocycles. The van der Waals surface area contributed by atoms with E-state index in [2.05, 4.69) is 167 Å². The van der Waals surface area contributed by atoms with Gasteiger partial charge in [-0.25, -0.2) is 0 Å². The molecule has 0 heterocycles. The Bertz CT molecular complexity index is 1680. The zero-order valence-electron chi connectivity index (χ0n) is 49.0. The molecular weight excluding hydrogens is 937 g/mol. The van der Waals surface area contributed by atoms with E-state index in [-0.39, 0.29) is 31.1 Å². The number of hydrogen-bond donors (Lipinski definition) is 0. The van der Waals surface area contributed by atoms with E-state index in [9.17, 15) is 14.4 Å². The number of allylic oxidation sites excluding steroid dienone is 24. The minimum absolute atomic E-state index is 0.0891. The highest BCUT2D eigenvalue weighted by Crippen LogP contribution is 2.14. The molecule has 0 aromatic carbocycles. The average molecular weight is 1050 g/mol. The lowest BCUT2D eigenvalue weighted by Crippen LogP contribution is -2.30. The fourth-order valence-corrected chi connectivity index (χ4v) is 8.04. The van der Waals surface area contributed by atoms with Crippen molar-refractivity contribution in [3.8, 4) is 0 Å². The number of carbonyl (C=O) groups excluding carboxylic acids is 3. The number of hydrogen-bond acceptors (Lipinski definition) is 6. The van der Waals surface area contributed by atoms with Crippen LogP contribution in [0, 0.1) is 0 Å². The fraction of sp³-hybridized carbons (Fsp3) is 0.614. The van der Waals surface area contributed by atoms with Crippen LogP contribution < -0.4 is 0 Å². The van der Waals surface area contributed by atoms with Gasteiger partial charge in [0.05, 0.1) is 0 Å². The van der Waals surface area contributed by atoms with Crippen molar-refractivity contribution < 1.29 is 28.6 Å². The maximum atomic E-state index is 12.8. The van der Waals surface area contributed by atoms with Gasteiger partial charge in [0.25, 0.3) is 0 Å². The van der Waals surface area contributed by atoms with Gasteiger partial charge in [-0.05, 0) is 122 Å². The molecule has 1 unspecified atom stereocenters. The van der Waals surface area contributed by atoms with E-state index in [0.29, 0.717) is 19.3 Å². The molecule has 0 saturated carbocycles. The Labute approximate surface area is 467 Å². The molecule has 1 atom stereocenters. The predicted molar refractivity (Wildman–Crippen MR) is 329 cm³/mol. The second-order valence-electron chi connectivity index (χ2n) is 19.9. The Morgan fingerprint density at radius 3 is 0.803 bits per heavy atom. The Kier molecular flexibility index (Phi) is 58.9. The van der Waals surface area contributed by atoms with Gasteiger partial charge in [-0.15, -0.1) is 0 Å². The molecule has 0 radical (unpaired) electrons. The van der Waals surface area contributed by atoms with Crippen LogP contribution in [-0.2, 0) is 28.6 Å². The maximum absolute atomic E-state index is 12.8. The molecule has 0 bridgehead atoms. The molecule has 0 amide bonds. The van der Waals surface area contributed by atoms with Crippen molar-refractivity contribution in [2.45, 2.75) is 264 Å². The van der Waals surface area contributed by atoms with Crippen LogP contribution in [0.4, 0.5) is 0 Å². The van der Waals surface area contributed by atoms with Crippen molar-refractivity contribution in [2.24, 2.45) is 0 Å². The molecule has 0 spiro atoms.